The van der Waals surface area contributed by atoms with E-state index in [0.717, 1.165) is 30.6 Å². The Morgan fingerprint density at radius 1 is 1.36 bits per heavy atom. The molecule has 0 aliphatic heterocycles. The van der Waals surface area contributed by atoms with Crippen molar-refractivity contribution in [1.29, 1.82) is 0 Å². The molecule has 2 saturated carbocycles. The lowest BCUT2D eigenvalue weighted by molar-refractivity contribution is -0.127. The number of carboxylic acids is 1. The van der Waals surface area contributed by atoms with Crippen LogP contribution in [0.4, 0.5) is 0 Å². The van der Waals surface area contributed by atoms with Crippen molar-refractivity contribution in [1.82, 2.24) is 5.32 Å². The van der Waals surface area contributed by atoms with Crippen molar-refractivity contribution in [3.05, 3.63) is 21.9 Å². The largest absolute Gasteiger partial charge is 0.477 e. The molecular formula is C16H21NO4S. The first-order chi connectivity index (χ1) is 10.6. The highest BCUT2D eigenvalue weighted by molar-refractivity contribution is 7.15. The van der Waals surface area contributed by atoms with Gasteiger partial charge < -0.3 is 15.2 Å². The number of carbonyl (C=O) groups excluding carboxylic acids is 1. The molecule has 1 aromatic rings. The summed E-state index contributed by atoms with van der Waals surface area (Å²) in [5.41, 5.74) is 0.0958. The molecule has 1 spiro atoms. The van der Waals surface area contributed by atoms with E-state index in [-0.39, 0.29) is 28.3 Å². The molecule has 0 aromatic carbocycles. The van der Waals surface area contributed by atoms with Crippen LogP contribution in [0.5, 0.6) is 0 Å². The van der Waals surface area contributed by atoms with E-state index in [1.54, 1.807) is 6.07 Å². The molecule has 2 atom stereocenters. The van der Waals surface area contributed by atoms with Gasteiger partial charge in [-0.2, -0.15) is 0 Å². The van der Waals surface area contributed by atoms with Gasteiger partial charge in [-0.25, -0.2) is 4.79 Å². The van der Waals surface area contributed by atoms with Gasteiger partial charge in [-0.3, -0.25) is 4.79 Å². The first kappa shape index (κ1) is 15.5. The number of amides is 1. The van der Waals surface area contributed by atoms with Gasteiger partial charge in [-0.1, -0.05) is 12.8 Å². The minimum Gasteiger partial charge on any atom is -0.477 e. The van der Waals surface area contributed by atoms with Crippen LogP contribution in [0.1, 0.15) is 58.4 Å². The summed E-state index contributed by atoms with van der Waals surface area (Å²) < 4.78 is 5.84. The molecular weight excluding hydrogens is 302 g/mol. The van der Waals surface area contributed by atoms with Crippen molar-refractivity contribution < 1.29 is 19.4 Å². The molecule has 0 radical (unpaired) electrons. The molecule has 2 aliphatic carbocycles. The number of aromatic carboxylic acids is 1. The number of thiophene rings is 1. The highest BCUT2D eigenvalue weighted by atomic mass is 32.1. The lowest BCUT2D eigenvalue weighted by Gasteiger charge is -2.54. The molecule has 0 bridgehead atoms. The summed E-state index contributed by atoms with van der Waals surface area (Å²) in [6.07, 6.45) is 5.71. The summed E-state index contributed by atoms with van der Waals surface area (Å²) in [5, 5.41) is 12.0. The van der Waals surface area contributed by atoms with Gasteiger partial charge in [0, 0.05) is 18.1 Å². The van der Waals surface area contributed by atoms with Crippen molar-refractivity contribution >= 4 is 23.2 Å². The number of ether oxygens (including phenoxy) is 1. The molecule has 6 heteroatoms. The van der Waals surface area contributed by atoms with Crippen LogP contribution in [0.3, 0.4) is 0 Å². The highest BCUT2D eigenvalue weighted by Gasteiger charge is 2.57. The Morgan fingerprint density at radius 2 is 2.05 bits per heavy atom. The lowest BCUT2D eigenvalue weighted by atomic mass is 9.60. The molecule has 1 amide bonds. The van der Waals surface area contributed by atoms with E-state index < -0.39 is 5.97 Å². The van der Waals surface area contributed by atoms with Crippen LogP contribution in [0.2, 0.25) is 0 Å². The fourth-order valence-electron chi connectivity index (χ4n) is 3.89. The van der Waals surface area contributed by atoms with Crippen LogP contribution in [0.25, 0.3) is 0 Å². The summed E-state index contributed by atoms with van der Waals surface area (Å²) >= 11 is 1.02. The Labute approximate surface area is 133 Å². The normalized spacial score (nSPS) is 25.9. The minimum atomic E-state index is -0.989. The van der Waals surface area contributed by atoms with Crippen LogP contribution in [-0.2, 0) is 4.74 Å². The number of carbonyl (C=O) groups is 2. The van der Waals surface area contributed by atoms with Crippen LogP contribution in [-0.4, -0.2) is 35.7 Å². The van der Waals surface area contributed by atoms with Crippen LogP contribution in [0.15, 0.2) is 12.1 Å². The molecule has 3 rings (SSSR count). The second kappa shape index (κ2) is 6.01. The third-order valence-corrected chi connectivity index (χ3v) is 6.11. The van der Waals surface area contributed by atoms with Gasteiger partial charge in [0.05, 0.1) is 11.0 Å². The highest BCUT2D eigenvalue weighted by Crippen LogP contribution is 2.54. The topological polar surface area (TPSA) is 75.6 Å². The van der Waals surface area contributed by atoms with E-state index in [1.807, 2.05) is 6.92 Å². The standard InChI is InChI=1S/C16H21NO4S/c1-2-21-13-9-12(16(13)7-3-4-8-16)17-14(18)10-5-6-11(22-10)15(19)20/h5-6,12-13H,2-4,7-9H2,1H3,(H,17,18)(H,19,20). The first-order valence-corrected chi connectivity index (χ1v) is 8.64. The van der Waals surface area contributed by atoms with E-state index in [0.29, 0.717) is 11.5 Å². The Balaban J connectivity index is 1.67. The molecule has 2 N–H and O–H groups in total. The fourth-order valence-corrected chi connectivity index (χ4v) is 4.64. The maximum Gasteiger partial charge on any atom is 0.345 e. The molecule has 2 unspecified atom stereocenters. The average Bonchev–Trinajstić information content (AvgIpc) is 3.16. The maximum absolute atomic E-state index is 12.4. The van der Waals surface area contributed by atoms with Gasteiger partial charge in [-0.15, -0.1) is 11.3 Å². The molecule has 120 valence electrons. The predicted octanol–water partition coefficient (Wildman–Crippen LogP) is 2.91. The molecule has 1 heterocycles. The zero-order valence-corrected chi connectivity index (χ0v) is 13.4. The quantitative estimate of drug-likeness (QED) is 0.873. The molecule has 0 saturated heterocycles. The van der Waals surface area contributed by atoms with Crippen molar-refractivity contribution in [2.75, 3.05) is 6.61 Å². The number of hydrogen-bond donors (Lipinski definition) is 2. The average molecular weight is 323 g/mol. The zero-order chi connectivity index (χ0) is 15.7. The maximum atomic E-state index is 12.4. The molecule has 2 aliphatic rings. The van der Waals surface area contributed by atoms with Gasteiger partial charge in [0.15, 0.2) is 0 Å². The van der Waals surface area contributed by atoms with Crippen LogP contribution >= 0.6 is 11.3 Å². The molecule has 22 heavy (non-hydrogen) atoms. The number of nitrogens with one attached hydrogen (secondary N) is 1. The molecule has 1 aromatic heterocycles. The first-order valence-electron chi connectivity index (χ1n) is 7.82. The van der Waals surface area contributed by atoms with Crippen LogP contribution in [0, 0.1) is 5.41 Å². The second-order valence-electron chi connectivity index (χ2n) is 6.12. The van der Waals surface area contributed by atoms with E-state index >= 15 is 0 Å². The van der Waals surface area contributed by atoms with Gasteiger partial charge in [0.2, 0.25) is 0 Å². The number of hydrogen-bond acceptors (Lipinski definition) is 4. The SMILES string of the molecule is CCOC1CC(NC(=O)c2ccc(C(=O)O)s2)C12CCCC2. The van der Waals surface area contributed by atoms with Gasteiger partial charge >= 0.3 is 5.97 Å². The van der Waals surface area contributed by atoms with Crippen molar-refractivity contribution in [2.24, 2.45) is 5.41 Å². The Hall–Kier alpha value is -1.40. The minimum absolute atomic E-state index is 0.0958. The third-order valence-electron chi connectivity index (χ3n) is 5.03. The number of carboxylic acid groups (broad SMARTS) is 1. The number of rotatable bonds is 5. The Morgan fingerprint density at radius 3 is 2.64 bits per heavy atom. The van der Waals surface area contributed by atoms with E-state index in [1.165, 1.54) is 18.9 Å². The third kappa shape index (κ3) is 2.54. The van der Waals surface area contributed by atoms with E-state index in [4.69, 9.17) is 9.84 Å². The van der Waals surface area contributed by atoms with Crippen LogP contribution < -0.4 is 5.32 Å². The van der Waals surface area contributed by atoms with E-state index in [9.17, 15) is 9.59 Å². The summed E-state index contributed by atoms with van der Waals surface area (Å²) in [6.45, 7) is 2.72. The summed E-state index contributed by atoms with van der Waals surface area (Å²) in [7, 11) is 0. The summed E-state index contributed by atoms with van der Waals surface area (Å²) in [6, 6.07) is 3.22. The Kier molecular flexibility index (Phi) is 4.23. The monoisotopic (exact) mass is 323 g/mol. The van der Waals surface area contributed by atoms with Gasteiger partial charge in [0.25, 0.3) is 5.91 Å². The lowest BCUT2D eigenvalue weighted by Crippen LogP contribution is -2.63. The van der Waals surface area contributed by atoms with Gasteiger partial charge in [-0.05, 0) is 38.3 Å². The predicted molar refractivity (Wildman–Crippen MR) is 83.5 cm³/mol. The fraction of sp³-hybridized carbons (Fsp3) is 0.625. The summed E-state index contributed by atoms with van der Waals surface area (Å²) in [4.78, 5) is 23.9. The molecule has 2 fully saturated rings. The molecule has 5 nitrogen and oxygen atoms in total. The van der Waals surface area contributed by atoms with Crippen molar-refractivity contribution in [2.45, 2.75) is 51.2 Å². The smallest absolute Gasteiger partial charge is 0.345 e. The Bertz CT molecular complexity index is 576. The zero-order valence-electron chi connectivity index (χ0n) is 12.6. The summed E-state index contributed by atoms with van der Waals surface area (Å²) in [5.74, 6) is -1.15. The van der Waals surface area contributed by atoms with Gasteiger partial charge in [0.1, 0.15) is 4.88 Å². The van der Waals surface area contributed by atoms with Crippen molar-refractivity contribution in [3.63, 3.8) is 0 Å². The van der Waals surface area contributed by atoms with E-state index in [2.05, 4.69) is 5.32 Å². The van der Waals surface area contributed by atoms with Crippen molar-refractivity contribution in [3.8, 4) is 0 Å². The second-order valence-corrected chi connectivity index (χ2v) is 7.20.